The number of carbonyl (C=O) groups is 3. The lowest BCUT2D eigenvalue weighted by Gasteiger charge is -2.06. The summed E-state index contributed by atoms with van der Waals surface area (Å²) in [5.74, 6) is -3.08. The molecular weight excluding hydrogens is 370 g/mol. The molecule has 10 heteroatoms. The average Bonchev–Trinajstić information content (AvgIpc) is 2.78. The van der Waals surface area contributed by atoms with Crippen LogP contribution in [0.25, 0.3) is 11.1 Å². The highest BCUT2D eigenvalue weighted by Crippen LogP contribution is 2.38. The van der Waals surface area contributed by atoms with Crippen LogP contribution < -0.4 is 16.7 Å². The smallest absolute Gasteiger partial charge is 0.338 e. The number of nitrogens with one attached hydrogen (secondary N) is 2. The minimum Gasteiger partial charge on any atom is -0.478 e. The molecular formula is C18H21N3O7. The first-order chi connectivity index (χ1) is 13.4. The van der Waals surface area contributed by atoms with E-state index in [2.05, 4.69) is 11.0 Å². The standard InChI is InChI=1S/C18H21N3O7/c1-2-20-27-7-8-28-21-13(22)9-10-3-5-11-12(6-4-10)15(18(25)26)16(19)14(11)17(23)24/h3-6,20H,2,7-9,19H2,1H3,(H,21,22)(H,23,24)(H,25,26). The highest BCUT2D eigenvalue weighted by atomic mass is 16.7. The van der Waals surface area contributed by atoms with Gasteiger partial charge in [0.2, 0.25) is 5.91 Å². The van der Waals surface area contributed by atoms with E-state index in [0.717, 1.165) is 0 Å². The van der Waals surface area contributed by atoms with Gasteiger partial charge in [-0.25, -0.2) is 20.5 Å². The van der Waals surface area contributed by atoms with Gasteiger partial charge in [0.25, 0.3) is 0 Å². The van der Waals surface area contributed by atoms with E-state index < -0.39 is 17.8 Å². The predicted molar refractivity (Wildman–Crippen MR) is 98.8 cm³/mol. The minimum absolute atomic E-state index is 0.0500. The van der Waals surface area contributed by atoms with Gasteiger partial charge in [0.1, 0.15) is 6.61 Å². The number of carbonyl (C=O) groups excluding carboxylic acids is 1. The Morgan fingerprint density at radius 3 is 2.00 bits per heavy atom. The zero-order chi connectivity index (χ0) is 20.7. The van der Waals surface area contributed by atoms with Crippen molar-refractivity contribution < 1.29 is 34.3 Å². The molecule has 0 saturated carbocycles. The van der Waals surface area contributed by atoms with Crippen LogP contribution in [0.15, 0.2) is 24.3 Å². The number of amides is 1. The normalized spacial score (nSPS) is 10.8. The van der Waals surface area contributed by atoms with Gasteiger partial charge in [-0.15, -0.1) is 0 Å². The maximum Gasteiger partial charge on any atom is 0.338 e. The molecule has 0 saturated heterocycles. The van der Waals surface area contributed by atoms with E-state index in [4.69, 9.17) is 15.4 Å². The van der Waals surface area contributed by atoms with Crippen LogP contribution in [0.1, 0.15) is 33.2 Å². The van der Waals surface area contributed by atoms with E-state index in [1.165, 1.54) is 24.3 Å². The van der Waals surface area contributed by atoms with Crippen molar-refractivity contribution in [2.75, 3.05) is 25.5 Å². The molecule has 6 N–H and O–H groups in total. The molecule has 2 aliphatic carbocycles. The van der Waals surface area contributed by atoms with Gasteiger partial charge in [-0.05, 0) is 16.7 Å². The Bertz CT molecular complexity index is 802. The third-order valence-corrected chi connectivity index (χ3v) is 3.81. The van der Waals surface area contributed by atoms with Crippen molar-refractivity contribution in [3.8, 4) is 11.1 Å². The van der Waals surface area contributed by atoms with Crippen molar-refractivity contribution in [2.24, 2.45) is 0 Å². The molecule has 0 spiro atoms. The van der Waals surface area contributed by atoms with Gasteiger partial charge in [-0.3, -0.25) is 14.5 Å². The molecule has 2 rings (SSSR count). The molecule has 0 radical (unpaired) electrons. The molecule has 150 valence electrons. The lowest BCUT2D eigenvalue weighted by molar-refractivity contribution is -0.134. The molecule has 2 aliphatic rings. The van der Waals surface area contributed by atoms with Crippen LogP contribution in [0.5, 0.6) is 0 Å². The van der Waals surface area contributed by atoms with Crippen molar-refractivity contribution >= 4 is 23.5 Å². The summed E-state index contributed by atoms with van der Waals surface area (Å²) in [6.07, 6.45) is -0.0500. The third kappa shape index (κ3) is 4.94. The highest BCUT2D eigenvalue weighted by molar-refractivity contribution is 6.14. The van der Waals surface area contributed by atoms with Crippen molar-refractivity contribution in [1.82, 2.24) is 11.0 Å². The Hall–Kier alpha value is -3.21. The average molecular weight is 391 g/mol. The molecule has 0 fully saturated rings. The summed E-state index contributed by atoms with van der Waals surface area (Å²) >= 11 is 0. The van der Waals surface area contributed by atoms with Gasteiger partial charge in [0.05, 0.1) is 29.8 Å². The van der Waals surface area contributed by atoms with Gasteiger partial charge in [0.15, 0.2) is 0 Å². The maximum atomic E-state index is 11.9. The van der Waals surface area contributed by atoms with Crippen LogP contribution in [0.2, 0.25) is 0 Å². The largest absolute Gasteiger partial charge is 0.478 e. The molecule has 0 bridgehead atoms. The predicted octanol–water partition coefficient (Wildman–Crippen LogP) is 0.901. The molecule has 0 aromatic rings. The number of nitrogen functional groups attached to an aromatic ring is 1. The molecule has 0 aromatic carbocycles. The summed E-state index contributed by atoms with van der Waals surface area (Å²) in [4.78, 5) is 44.8. The first-order valence-electron chi connectivity index (χ1n) is 8.42. The van der Waals surface area contributed by atoms with Crippen molar-refractivity contribution in [2.45, 2.75) is 13.3 Å². The van der Waals surface area contributed by atoms with Crippen LogP contribution in [-0.4, -0.2) is 47.8 Å². The van der Waals surface area contributed by atoms with Gasteiger partial charge >= 0.3 is 11.9 Å². The number of fused-ring (bicyclic) bond motifs is 1. The van der Waals surface area contributed by atoms with E-state index in [0.29, 0.717) is 12.1 Å². The fourth-order valence-electron chi connectivity index (χ4n) is 2.66. The first kappa shape index (κ1) is 21.1. The van der Waals surface area contributed by atoms with Crippen molar-refractivity contribution in [3.05, 3.63) is 41.0 Å². The topological polar surface area (TPSA) is 160 Å². The summed E-state index contributed by atoms with van der Waals surface area (Å²) in [7, 11) is 0. The number of hydrogen-bond acceptors (Lipinski definition) is 7. The van der Waals surface area contributed by atoms with E-state index in [1.807, 2.05) is 6.92 Å². The quantitative estimate of drug-likeness (QED) is 0.293. The Morgan fingerprint density at radius 2 is 1.50 bits per heavy atom. The highest BCUT2D eigenvalue weighted by Gasteiger charge is 2.28. The number of nitrogens with two attached hydrogens (primary N) is 1. The zero-order valence-electron chi connectivity index (χ0n) is 15.2. The van der Waals surface area contributed by atoms with Crippen molar-refractivity contribution in [3.63, 3.8) is 0 Å². The van der Waals surface area contributed by atoms with Crippen LogP contribution in [0, 0.1) is 0 Å². The maximum absolute atomic E-state index is 11.9. The van der Waals surface area contributed by atoms with E-state index in [9.17, 15) is 24.6 Å². The van der Waals surface area contributed by atoms with Gasteiger partial charge < -0.3 is 15.9 Å². The summed E-state index contributed by atoms with van der Waals surface area (Å²) in [5.41, 5.74) is 10.7. The molecule has 1 amide bonds. The number of hydroxylamine groups is 2. The van der Waals surface area contributed by atoms with Gasteiger partial charge in [-0.2, -0.15) is 0 Å². The van der Waals surface area contributed by atoms with Gasteiger partial charge in [-0.1, -0.05) is 31.2 Å². The summed E-state index contributed by atoms with van der Waals surface area (Å²) in [6.45, 7) is 2.92. The first-order valence-corrected chi connectivity index (χ1v) is 8.42. The molecule has 0 aliphatic heterocycles. The number of anilines is 1. The summed E-state index contributed by atoms with van der Waals surface area (Å²) < 4.78 is 0. The fourth-order valence-corrected chi connectivity index (χ4v) is 2.66. The molecule has 10 nitrogen and oxygen atoms in total. The van der Waals surface area contributed by atoms with Crippen molar-refractivity contribution in [1.29, 1.82) is 0 Å². The Labute approximate surface area is 160 Å². The molecule has 28 heavy (non-hydrogen) atoms. The molecule has 0 heterocycles. The SMILES string of the molecule is CCNOCCONC(=O)Cc1ccc2c(C(=O)O)c(N)c(C(=O)O)c-2cc1. The van der Waals surface area contributed by atoms with Crippen LogP contribution >= 0.6 is 0 Å². The molecule has 0 unspecified atom stereocenters. The second-order valence-electron chi connectivity index (χ2n) is 5.74. The van der Waals surface area contributed by atoms with E-state index in [-0.39, 0.29) is 47.6 Å². The van der Waals surface area contributed by atoms with Crippen LogP contribution in [-0.2, 0) is 20.9 Å². The minimum atomic E-state index is -1.33. The Morgan fingerprint density at radius 1 is 0.964 bits per heavy atom. The Balaban J connectivity index is 2.14. The molecule has 0 atom stereocenters. The number of carboxylic acids is 2. The number of rotatable bonds is 10. The third-order valence-electron chi connectivity index (χ3n) is 3.81. The second kappa shape index (κ2) is 9.65. The number of hydrogen-bond donors (Lipinski definition) is 5. The fraction of sp³-hybridized carbons (Fsp3) is 0.278. The lowest BCUT2D eigenvalue weighted by Crippen LogP contribution is -2.28. The zero-order valence-corrected chi connectivity index (χ0v) is 15.2. The molecule has 0 aromatic heterocycles. The van der Waals surface area contributed by atoms with E-state index in [1.54, 1.807) is 0 Å². The van der Waals surface area contributed by atoms with Crippen LogP contribution in [0.3, 0.4) is 0 Å². The summed E-state index contributed by atoms with van der Waals surface area (Å²) in [5, 5.41) is 18.7. The monoisotopic (exact) mass is 391 g/mol. The lowest BCUT2D eigenvalue weighted by atomic mass is 10.1. The summed E-state index contributed by atoms with van der Waals surface area (Å²) in [6, 6.07) is 5.95. The second-order valence-corrected chi connectivity index (χ2v) is 5.74. The number of aromatic carboxylic acids is 2. The Kier molecular flexibility index (Phi) is 7.27. The number of carboxylic acid groups (broad SMARTS) is 2. The van der Waals surface area contributed by atoms with E-state index >= 15 is 0 Å². The van der Waals surface area contributed by atoms with Gasteiger partial charge in [0, 0.05) is 6.54 Å². The van der Waals surface area contributed by atoms with Crippen LogP contribution in [0.4, 0.5) is 5.69 Å².